The number of hydrogen-bond donors (Lipinski definition) is 0. The van der Waals surface area contributed by atoms with Gasteiger partial charge in [0.2, 0.25) is 21.7 Å². The predicted octanol–water partition coefficient (Wildman–Crippen LogP) is 3.20. The number of benzene rings is 2. The van der Waals surface area contributed by atoms with Crippen LogP contribution in [-0.4, -0.2) is 50.2 Å². The van der Waals surface area contributed by atoms with Crippen LogP contribution in [0.1, 0.15) is 11.8 Å². The first-order valence-corrected chi connectivity index (χ1v) is 10.6. The molecule has 29 heavy (non-hydrogen) atoms. The molecule has 0 bridgehead atoms. The van der Waals surface area contributed by atoms with Gasteiger partial charge in [-0.15, -0.1) is 0 Å². The van der Waals surface area contributed by atoms with E-state index in [4.69, 9.17) is 25.6 Å². The highest BCUT2D eigenvalue weighted by molar-refractivity contribution is 7.89. The predicted molar refractivity (Wildman–Crippen MR) is 106 cm³/mol. The first-order valence-electron chi connectivity index (χ1n) is 8.74. The van der Waals surface area contributed by atoms with Gasteiger partial charge in [-0.1, -0.05) is 28.9 Å². The molecule has 0 amide bonds. The lowest BCUT2D eigenvalue weighted by atomic mass is 10.0. The van der Waals surface area contributed by atoms with Crippen molar-refractivity contribution in [3.63, 3.8) is 0 Å². The summed E-state index contributed by atoms with van der Waals surface area (Å²) in [5, 5.41) is 4.55. The van der Waals surface area contributed by atoms with Gasteiger partial charge in [0.15, 0.2) is 11.5 Å². The van der Waals surface area contributed by atoms with Crippen molar-refractivity contribution in [2.45, 2.75) is 10.8 Å². The Bertz CT molecular complexity index is 1140. The second-order valence-corrected chi connectivity index (χ2v) is 8.88. The highest BCUT2D eigenvalue weighted by Gasteiger charge is 2.40. The summed E-state index contributed by atoms with van der Waals surface area (Å²) in [5.74, 6) is 1.48. The van der Waals surface area contributed by atoms with Crippen molar-refractivity contribution >= 4 is 21.6 Å². The molecule has 0 aliphatic carbocycles. The molecule has 8 nitrogen and oxygen atoms in total. The molecule has 2 aromatic carbocycles. The van der Waals surface area contributed by atoms with Gasteiger partial charge >= 0.3 is 0 Å². The molecule has 1 saturated heterocycles. The van der Waals surface area contributed by atoms with Crippen molar-refractivity contribution in [3.8, 4) is 22.9 Å². The average molecular weight is 436 g/mol. The lowest BCUT2D eigenvalue weighted by Gasteiger charge is -2.35. The van der Waals surface area contributed by atoms with Crippen LogP contribution in [0.15, 0.2) is 51.9 Å². The quantitative estimate of drug-likeness (QED) is 0.586. The van der Waals surface area contributed by atoms with E-state index in [2.05, 4.69) is 10.1 Å². The largest absolute Gasteiger partial charge is 0.493 e. The van der Waals surface area contributed by atoms with Gasteiger partial charge in [0, 0.05) is 29.7 Å². The van der Waals surface area contributed by atoms with Crippen molar-refractivity contribution in [3.05, 3.63) is 53.4 Å². The van der Waals surface area contributed by atoms with Crippen LogP contribution in [0.4, 0.5) is 0 Å². The van der Waals surface area contributed by atoms with Crippen LogP contribution in [0.2, 0.25) is 5.02 Å². The standard InChI is InChI=1S/C19H18ClN3O5S/c1-26-16-7-6-15(9-17(16)27-2)29(24,25)23-10-13(11-23)19-21-18(22-28-19)12-4-3-5-14(20)8-12/h3-9,13H,10-11H2,1-2H3. The van der Waals surface area contributed by atoms with Gasteiger partial charge < -0.3 is 14.0 Å². The van der Waals surface area contributed by atoms with E-state index in [0.717, 1.165) is 5.56 Å². The zero-order valence-electron chi connectivity index (χ0n) is 15.7. The van der Waals surface area contributed by atoms with Crippen LogP contribution < -0.4 is 9.47 Å². The zero-order valence-corrected chi connectivity index (χ0v) is 17.3. The number of sulfonamides is 1. The molecule has 1 fully saturated rings. The summed E-state index contributed by atoms with van der Waals surface area (Å²) in [6.07, 6.45) is 0. The molecular weight excluding hydrogens is 418 g/mol. The Hall–Kier alpha value is -2.62. The van der Waals surface area contributed by atoms with Gasteiger partial charge in [0.1, 0.15) is 0 Å². The van der Waals surface area contributed by atoms with Gasteiger partial charge in [-0.3, -0.25) is 0 Å². The lowest BCUT2D eigenvalue weighted by Crippen LogP contribution is -2.48. The minimum absolute atomic E-state index is 0.138. The third-order valence-electron chi connectivity index (χ3n) is 4.71. The monoisotopic (exact) mass is 435 g/mol. The SMILES string of the molecule is COc1ccc(S(=O)(=O)N2CC(c3nc(-c4cccc(Cl)c4)no3)C2)cc1OC. The van der Waals surface area contributed by atoms with Gasteiger partial charge in [-0.2, -0.15) is 9.29 Å². The fourth-order valence-electron chi connectivity index (χ4n) is 3.06. The minimum atomic E-state index is -3.66. The van der Waals surface area contributed by atoms with Crippen molar-refractivity contribution < 1.29 is 22.4 Å². The Kier molecular flexibility index (Phi) is 5.20. The number of aromatic nitrogens is 2. The van der Waals surface area contributed by atoms with Crippen LogP contribution in [-0.2, 0) is 10.0 Å². The maximum absolute atomic E-state index is 12.9. The van der Waals surface area contributed by atoms with E-state index >= 15 is 0 Å². The molecule has 3 aromatic rings. The van der Waals surface area contributed by atoms with E-state index in [1.165, 1.54) is 30.7 Å². The van der Waals surface area contributed by atoms with Crippen LogP contribution in [0.25, 0.3) is 11.4 Å². The fraction of sp³-hybridized carbons (Fsp3) is 0.263. The molecule has 1 aliphatic heterocycles. The van der Waals surface area contributed by atoms with E-state index in [1.54, 1.807) is 24.3 Å². The number of rotatable bonds is 6. The Morgan fingerprint density at radius 3 is 2.55 bits per heavy atom. The number of halogens is 1. The Labute approximate surface area is 173 Å². The van der Waals surface area contributed by atoms with Gasteiger partial charge in [0.05, 0.1) is 25.0 Å². The first kappa shape index (κ1) is 19.7. The van der Waals surface area contributed by atoms with E-state index in [-0.39, 0.29) is 23.9 Å². The molecule has 0 unspecified atom stereocenters. The smallest absolute Gasteiger partial charge is 0.243 e. The first-order chi connectivity index (χ1) is 13.9. The van der Waals surface area contributed by atoms with Gasteiger partial charge in [-0.25, -0.2) is 8.42 Å². The Balaban J connectivity index is 1.48. The van der Waals surface area contributed by atoms with Crippen molar-refractivity contribution in [1.82, 2.24) is 14.4 Å². The molecule has 1 aliphatic rings. The summed E-state index contributed by atoms with van der Waals surface area (Å²) in [5.41, 5.74) is 0.738. The molecule has 1 aromatic heterocycles. The molecule has 0 N–H and O–H groups in total. The number of nitrogens with zero attached hydrogens (tertiary/aromatic N) is 3. The molecule has 0 saturated carbocycles. The highest BCUT2D eigenvalue weighted by Crippen LogP contribution is 2.35. The second kappa shape index (κ2) is 7.66. The number of ether oxygens (including phenoxy) is 2. The van der Waals surface area contributed by atoms with Crippen LogP contribution in [0, 0.1) is 0 Å². The van der Waals surface area contributed by atoms with Crippen LogP contribution in [0.5, 0.6) is 11.5 Å². The molecule has 0 spiro atoms. The number of methoxy groups -OCH3 is 2. The highest BCUT2D eigenvalue weighted by atomic mass is 35.5. The van der Waals surface area contributed by atoms with E-state index in [1.807, 2.05) is 6.07 Å². The maximum Gasteiger partial charge on any atom is 0.243 e. The lowest BCUT2D eigenvalue weighted by molar-refractivity contribution is 0.216. The average Bonchev–Trinajstić information content (AvgIpc) is 3.15. The molecule has 2 heterocycles. The summed E-state index contributed by atoms with van der Waals surface area (Å²) in [4.78, 5) is 4.53. The van der Waals surface area contributed by atoms with E-state index < -0.39 is 10.0 Å². The Morgan fingerprint density at radius 2 is 1.86 bits per heavy atom. The van der Waals surface area contributed by atoms with Gasteiger partial charge in [-0.05, 0) is 24.3 Å². The summed E-state index contributed by atoms with van der Waals surface area (Å²) in [6, 6.07) is 11.6. The van der Waals surface area contributed by atoms with Crippen LogP contribution in [0.3, 0.4) is 0 Å². The maximum atomic E-state index is 12.9. The third-order valence-corrected chi connectivity index (χ3v) is 6.78. The minimum Gasteiger partial charge on any atom is -0.493 e. The summed E-state index contributed by atoms with van der Waals surface area (Å²) in [7, 11) is -0.708. The molecule has 0 radical (unpaired) electrons. The fourth-order valence-corrected chi connectivity index (χ4v) is 4.80. The Morgan fingerprint density at radius 1 is 1.10 bits per heavy atom. The van der Waals surface area contributed by atoms with Gasteiger partial charge in [0.25, 0.3) is 0 Å². The summed E-state index contributed by atoms with van der Waals surface area (Å²) in [6.45, 7) is 0.516. The van der Waals surface area contributed by atoms with E-state index in [0.29, 0.717) is 28.2 Å². The molecule has 10 heteroatoms. The molecular formula is C19H18ClN3O5S. The normalized spacial score (nSPS) is 15.1. The summed E-state index contributed by atoms with van der Waals surface area (Å²) < 4.78 is 42.8. The molecule has 0 atom stereocenters. The molecule has 152 valence electrons. The van der Waals surface area contributed by atoms with Crippen LogP contribution >= 0.6 is 11.6 Å². The van der Waals surface area contributed by atoms with Crippen molar-refractivity contribution in [2.24, 2.45) is 0 Å². The summed E-state index contributed by atoms with van der Waals surface area (Å²) >= 11 is 5.99. The molecule has 4 rings (SSSR count). The third kappa shape index (κ3) is 3.68. The topological polar surface area (TPSA) is 94.8 Å². The van der Waals surface area contributed by atoms with Crippen molar-refractivity contribution in [2.75, 3.05) is 27.3 Å². The zero-order chi connectivity index (χ0) is 20.6. The van der Waals surface area contributed by atoms with Crippen molar-refractivity contribution in [1.29, 1.82) is 0 Å². The number of hydrogen-bond acceptors (Lipinski definition) is 7. The van der Waals surface area contributed by atoms with E-state index in [9.17, 15) is 8.42 Å². The second-order valence-electron chi connectivity index (χ2n) is 6.50.